The monoisotopic (exact) mass is 272 g/mol. The van der Waals surface area contributed by atoms with E-state index >= 15 is 0 Å². The van der Waals surface area contributed by atoms with Crippen molar-refractivity contribution in [2.75, 3.05) is 0 Å². The van der Waals surface area contributed by atoms with Crippen molar-refractivity contribution in [2.24, 2.45) is 0 Å². The van der Waals surface area contributed by atoms with E-state index < -0.39 is 5.82 Å². The topological polar surface area (TPSA) is 25.8 Å². The van der Waals surface area contributed by atoms with Crippen LogP contribution in [-0.2, 0) is 0 Å². The van der Waals surface area contributed by atoms with E-state index in [1.807, 2.05) is 0 Å². The Morgan fingerprint density at radius 3 is 2.60 bits per heavy atom. The van der Waals surface area contributed by atoms with Gasteiger partial charge in [0.25, 0.3) is 0 Å². The first-order valence-electron chi connectivity index (χ1n) is 2.46. The molecule has 1 rings (SSSR count). The van der Waals surface area contributed by atoms with Crippen molar-refractivity contribution >= 4 is 34.2 Å². The maximum Gasteiger partial charge on any atom is 0.192 e. The fraction of sp³-hybridized carbons (Fsp3) is 0.200. The van der Waals surface area contributed by atoms with E-state index in [9.17, 15) is 4.39 Å². The Bertz CT molecular complexity index is 243. The molecule has 0 bridgehead atoms. The normalized spacial score (nSPS) is 10.0. The maximum absolute atomic E-state index is 12.6. The van der Waals surface area contributed by atoms with Crippen LogP contribution in [0.3, 0.4) is 0 Å². The lowest BCUT2D eigenvalue weighted by molar-refractivity contribution is 0.601. The summed E-state index contributed by atoms with van der Waals surface area (Å²) in [6.45, 7) is 1.66. The Labute approximate surface area is 76.0 Å². The van der Waals surface area contributed by atoms with E-state index in [-0.39, 0.29) is 8.85 Å². The predicted octanol–water partition coefficient (Wildman–Crippen LogP) is 2.18. The number of halogens is 3. The molecule has 1 aromatic rings. The maximum atomic E-state index is 12.6. The van der Waals surface area contributed by atoms with Crippen LogP contribution in [0.15, 0.2) is 0 Å². The van der Waals surface area contributed by atoms with Gasteiger partial charge in [-0.1, -0.05) is 11.6 Å². The summed E-state index contributed by atoms with van der Waals surface area (Å²) < 4.78 is 12.9. The molecule has 2 nitrogen and oxygen atoms in total. The fourth-order valence-corrected chi connectivity index (χ4v) is 1.47. The van der Waals surface area contributed by atoms with Crippen molar-refractivity contribution in [1.82, 2.24) is 9.97 Å². The number of aryl methyl sites for hydroxylation is 1. The molecule has 5 heteroatoms. The van der Waals surface area contributed by atoms with Gasteiger partial charge in [0.2, 0.25) is 0 Å². The van der Waals surface area contributed by atoms with Crippen molar-refractivity contribution in [3.63, 3.8) is 0 Å². The Hall–Kier alpha value is 0.0300. The molecule has 1 heterocycles. The van der Waals surface area contributed by atoms with Crippen LogP contribution in [-0.4, -0.2) is 9.97 Å². The van der Waals surface area contributed by atoms with Crippen LogP contribution in [0.25, 0.3) is 0 Å². The third-order valence-electron chi connectivity index (χ3n) is 0.882. The van der Waals surface area contributed by atoms with E-state index in [1.165, 1.54) is 0 Å². The minimum absolute atomic E-state index is 0.114. The zero-order chi connectivity index (χ0) is 7.72. The Morgan fingerprint density at radius 2 is 2.10 bits per heavy atom. The van der Waals surface area contributed by atoms with Crippen LogP contribution in [0.2, 0.25) is 5.15 Å². The molecule has 0 amide bonds. The third kappa shape index (κ3) is 1.54. The van der Waals surface area contributed by atoms with Gasteiger partial charge in [0.05, 0.1) is 0 Å². The van der Waals surface area contributed by atoms with Gasteiger partial charge in [-0.15, -0.1) is 0 Å². The van der Waals surface area contributed by atoms with Crippen LogP contribution in [0.1, 0.15) is 5.82 Å². The van der Waals surface area contributed by atoms with Crippen molar-refractivity contribution in [3.05, 3.63) is 20.5 Å². The van der Waals surface area contributed by atoms with Crippen LogP contribution in [0, 0.1) is 16.4 Å². The van der Waals surface area contributed by atoms with E-state index in [0.29, 0.717) is 5.82 Å². The zero-order valence-electron chi connectivity index (χ0n) is 5.03. The summed E-state index contributed by atoms with van der Waals surface area (Å²) in [6.07, 6.45) is 0. The number of nitrogens with zero attached hydrogens (tertiary/aromatic N) is 2. The highest BCUT2D eigenvalue weighted by molar-refractivity contribution is 14.1. The summed E-state index contributed by atoms with van der Waals surface area (Å²) in [6, 6.07) is 0. The predicted molar refractivity (Wildman–Crippen MR) is 44.5 cm³/mol. The molecular weight excluding hydrogens is 269 g/mol. The van der Waals surface area contributed by atoms with Gasteiger partial charge in [0.1, 0.15) is 9.53 Å². The average Bonchev–Trinajstić information content (AvgIpc) is 1.82. The zero-order valence-corrected chi connectivity index (χ0v) is 7.94. The molecular formula is C5H3ClFIN2. The number of rotatable bonds is 0. The number of hydrogen-bond acceptors (Lipinski definition) is 2. The molecule has 0 saturated heterocycles. The van der Waals surface area contributed by atoms with E-state index in [4.69, 9.17) is 11.6 Å². The molecule has 0 aromatic carbocycles. The quantitative estimate of drug-likeness (QED) is 0.534. The minimum atomic E-state index is -0.548. The molecule has 0 saturated carbocycles. The molecule has 54 valence electrons. The lowest BCUT2D eigenvalue weighted by Gasteiger charge is -1.96. The fourth-order valence-electron chi connectivity index (χ4n) is 0.492. The number of aromatic nitrogens is 2. The standard InChI is InChI=1S/C5H3ClFIN2/c1-2-9-4(6)3(7)5(8)10-2/h1H3. The molecule has 0 atom stereocenters. The van der Waals surface area contributed by atoms with Gasteiger partial charge in [-0.25, -0.2) is 14.4 Å². The Morgan fingerprint density at radius 1 is 1.50 bits per heavy atom. The summed E-state index contributed by atoms with van der Waals surface area (Å²) in [7, 11) is 0. The van der Waals surface area contributed by atoms with Crippen molar-refractivity contribution < 1.29 is 4.39 Å². The summed E-state index contributed by atoms with van der Waals surface area (Å²) in [5.41, 5.74) is 0. The molecule has 0 aliphatic heterocycles. The lowest BCUT2D eigenvalue weighted by atomic mass is 10.6. The van der Waals surface area contributed by atoms with Crippen LogP contribution >= 0.6 is 34.2 Å². The first-order chi connectivity index (χ1) is 4.61. The van der Waals surface area contributed by atoms with Gasteiger partial charge in [-0.2, -0.15) is 0 Å². The second-order valence-corrected chi connectivity index (χ2v) is 3.05. The molecule has 0 aliphatic rings. The number of hydrogen-bond donors (Lipinski definition) is 0. The first kappa shape index (κ1) is 8.13. The van der Waals surface area contributed by atoms with Gasteiger partial charge in [0, 0.05) is 0 Å². The molecule has 0 N–H and O–H groups in total. The Balaban J connectivity index is 3.31. The summed E-state index contributed by atoms with van der Waals surface area (Å²) in [4.78, 5) is 7.36. The average molecular weight is 272 g/mol. The van der Waals surface area contributed by atoms with Gasteiger partial charge in [0.15, 0.2) is 11.0 Å². The second kappa shape index (κ2) is 2.96. The van der Waals surface area contributed by atoms with E-state index in [1.54, 1.807) is 29.5 Å². The summed E-state index contributed by atoms with van der Waals surface area (Å²) in [5, 5.41) is -0.114. The lowest BCUT2D eigenvalue weighted by Crippen LogP contribution is -1.95. The summed E-state index contributed by atoms with van der Waals surface area (Å²) >= 11 is 7.15. The molecule has 0 radical (unpaired) electrons. The van der Waals surface area contributed by atoms with Gasteiger partial charge in [-0.05, 0) is 29.5 Å². The highest BCUT2D eigenvalue weighted by Gasteiger charge is 2.06. The minimum Gasteiger partial charge on any atom is -0.224 e. The van der Waals surface area contributed by atoms with Crippen LogP contribution in [0.5, 0.6) is 0 Å². The largest absolute Gasteiger partial charge is 0.224 e. The van der Waals surface area contributed by atoms with Gasteiger partial charge < -0.3 is 0 Å². The SMILES string of the molecule is Cc1nc(Cl)c(F)c(I)n1. The molecule has 10 heavy (non-hydrogen) atoms. The third-order valence-corrected chi connectivity index (χ3v) is 1.85. The van der Waals surface area contributed by atoms with Crippen molar-refractivity contribution in [3.8, 4) is 0 Å². The first-order valence-corrected chi connectivity index (χ1v) is 3.92. The van der Waals surface area contributed by atoms with E-state index in [0.717, 1.165) is 0 Å². The molecule has 1 aromatic heterocycles. The van der Waals surface area contributed by atoms with Crippen molar-refractivity contribution in [1.29, 1.82) is 0 Å². The highest BCUT2D eigenvalue weighted by Crippen LogP contribution is 2.15. The van der Waals surface area contributed by atoms with Gasteiger partial charge >= 0.3 is 0 Å². The summed E-state index contributed by atoms with van der Waals surface area (Å²) in [5.74, 6) is -0.0660. The van der Waals surface area contributed by atoms with Crippen LogP contribution in [0.4, 0.5) is 4.39 Å². The van der Waals surface area contributed by atoms with Crippen molar-refractivity contribution in [2.45, 2.75) is 6.92 Å². The van der Waals surface area contributed by atoms with E-state index in [2.05, 4.69) is 9.97 Å². The molecule has 0 aliphatic carbocycles. The molecule has 0 spiro atoms. The Kier molecular flexibility index (Phi) is 2.40. The second-order valence-electron chi connectivity index (χ2n) is 1.67. The van der Waals surface area contributed by atoms with Gasteiger partial charge in [-0.3, -0.25) is 0 Å². The molecule has 0 fully saturated rings. The molecule has 0 unspecified atom stereocenters. The van der Waals surface area contributed by atoms with Crippen LogP contribution < -0.4 is 0 Å². The highest BCUT2D eigenvalue weighted by atomic mass is 127. The smallest absolute Gasteiger partial charge is 0.192 e.